The molecule has 0 unspecified atom stereocenters. The maximum absolute atomic E-state index is 12.3. The normalized spacial score (nSPS) is 11.8. The Morgan fingerprint density at radius 1 is 0.708 bits per heavy atom. The topological polar surface area (TPSA) is 103 Å². The number of hydrogen-bond acceptors (Lipinski definition) is 5. The smallest absolute Gasteiger partial charge is 0.274 e. The molecule has 0 atom stereocenters. The maximum atomic E-state index is 12.3. The molecule has 0 amide bonds. The highest BCUT2D eigenvalue weighted by Gasteiger charge is 2.33. The number of nitro groups is 2. The minimum atomic E-state index is -1.25. The van der Waals surface area contributed by atoms with Gasteiger partial charge in [-0.2, -0.15) is 0 Å². The molecule has 2 aromatic rings. The number of nitrogens with zero attached hydrogens (tertiary/aromatic N) is 2. The number of ketones is 1. The van der Waals surface area contributed by atoms with Crippen molar-refractivity contribution in [3.8, 4) is 0 Å². The Balaban J connectivity index is 2.47. The summed E-state index contributed by atoms with van der Waals surface area (Å²) in [5.74, 6) is -1.25. The van der Waals surface area contributed by atoms with Gasteiger partial charge in [0, 0.05) is 12.2 Å². The highest BCUT2D eigenvalue weighted by atomic mass is 16.6. The Morgan fingerprint density at radius 2 is 1.04 bits per heavy atom. The predicted molar refractivity (Wildman–Crippen MR) is 87.8 cm³/mol. The zero-order valence-electron chi connectivity index (χ0n) is 12.4. The summed E-state index contributed by atoms with van der Waals surface area (Å²) in [4.78, 5) is 32.9. The first-order chi connectivity index (χ1) is 11.5. The molecule has 120 valence electrons. The van der Waals surface area contributed by atoms with Gasteiger partial charge in [-0.1, -0.05) is 60.7 Å². The maximum Gasteiger partial charge on any atom is 0.332 e. The van der Waals surface area contributed by atoms with E-state index >= 15 is 0 Å². The summed E-state index contributed by atoms with van der Waals surface area (Å²) in [7, 11) is 0. The lowest BCUT2D eigenvalue weighted by Gasteiger charge is -1.99. The molecule has 0 heterocycles. The van der Waals surface area contributed by atoms with Crippen LogP contribution in [-0.2, 0) is 4.79 Å². The van der Waals surface area contributed by atoms with Gasteiger partial charge in [0.1, 0.15) is 0 Å². The fourth-order valence-electron chi connectivity index (χ4n) is 1.95. The first-order valence-corrected chi connectivity index (χ1v) is 6.86. The highest BCUT2D eigenvalue weighted by Crippen LogP contribution is 2.16. The van der Waals surface area contributed by atoms with Gasteiger partial charge >= 0.3 is 17.2 Å². The summed E-state index contributed by atoms with van der Waals surface area (Å²) < 4.78 is 0. The minimum absolute atomic E-state index is 0.403. The predicted octanol–water partition coefficient (Wildman–Crippen LogP) is 3.19. The molecule has 2 aromatic carbocycles. The van der Waals surface area contributed by atoms with Gasteiger partial charge in [-0.25, -0.2) is 0 Å². The highest BCUT2D eigenvalue weighted by molar-refractivity contribution is 6.09. The molecule has 7 nitrogen and oxygen atoms in total. The van der Waals surface area contributed by atoms with Crippen LogP contribution in [0.3, 0.4) is 0 Å². The van der Waals surface area contributed by atoms with Gasteiger partial charge in [0.2, 0.25) is 0 Å². The summed E-state index contributed by atoms with van der Waals surface area (Å²) in [6, 6.07) is 16.2. The standard InChI is InChI=1S/C17H12N2O5/c20-17(15(18(21)22)11-13-7-3-1-4-8-13)16(19(23)24)12-14-9-5-2-6-10-14/h1-12H. The lowest BCUT2D eigenvalue weighted by molar-refractivity contribution is -0.431. The Morgan fingerprint density at radius 3 is 1.33 bits per heavy atom. The van der Waals surface area contributed by atoms with Crippen LogP contribution in [-0.4, -0.2) is 15.6 Å². The second kappa shape index (κ2) is 7.59. The molecule has 0 aliphatic rings. The number of carbonyl (C=O) groups excluding carboxylic acids is 1. The van der Waals surface area contributed by atoms with Crippen LogP contribution in [0.25, 0.3) is 12.2 Å². The summed E-state index contributed by atoms with van der Waals surface area (Å²) >= 11 is 0. The fourth-order valence-corrected chi connectivity index (χ4v) is 1.95. The van der Waals surface area contributed by atoms with Crippen molar-refractivity contribution in [3.05, 3.63) is 103 Å². The molecule has 0 radical (unpaired) electrons. The van der Waals surface area contributed by atoms with E-state index in [0.717, 1.165) is 12.2 Å². The van der Waals surface area contributed by atoms with Crippen LogP contribution in [0.5, 0.6) is 0 Å². The summed E-state index contributed by atoms with van der Waals surface area (Å²) in [5.41, 5.74) is -0.917. The lowest BCUT2D eigenvalue weighted by atomic mass is 10.1. The zero-order valence-corrected chi connectivity index (χ0v) is 12.4. The Bertz CT molecular complexity index is 757. The Kier molecular flexibility index (Phi) is 5.30. The Hall–Kier alpha value is -3.61. The molecular weight excluding hydrogens is 312 g/mol. The van der Waals surface area contributed by atoms with Gasteiger partial charge < -0.3 is 0 Å². The largest absolute Gasteiger partial charge is 0.332 e. The second-order valence-corrected chi connectivity index (χ2v) is 4.72. The SMILES string of the molecule is O=C(C(=Cc1ccccc1)[N+](=O)[O-])C(=Cc1ccccc1)[N+](=O)[O-]. The first-order valence-electron chi connectivity index (χ1n) is 6.86. The number of carbonyl (C=O) groups is 1. The molecule has 0 saturated carbocycles. The van der Waals surface area contributed by atoms with Crippen molar-refractivity contribution in [1.82, 2.24) is 0 Å². The van der Waals surface area contributed by atoms with Gasteiger partial charge in [0.15, 0.2) is 0 Å². The molecule has 0 fully saturated rings. The van der Waals surface area contributed by atoms with E-state index in [9.17, 15) is 25.0 Å². The van der Waals surface area contributed by atoms with E-state index in [4.69, 9.17) is 0 Å². The van der Waals surface area contributed by atoms with Crippen LogP contribution in [0.15, 0.2) is 72.1 Å². The van der Waals surface area contributed by atoms with Crippen molar-refractivity contribution in [2.75, 3.05) is 0 Å². The fraction of sp³-hybridized carbons (Fsp3) is 0. The van der Waals surface area contributed by atoms with E-state index in [1.165, 1.54) is 0 Å². The van der Waals surface area contributed by atoms with Crippen LogP contribution in [0, 0.1) is 20.2 Å². The molecule has 0 aliphatic carbocycles. The molecule has 0 spiro atoms. The summed E-state index contributed by atoms with van der Waals surface area (Å²) in [6.07, 6.45) is 2.04. The monoisotopic (exact) mass is 324 g/mol. The molecule has 2 rings (SSSR count). The molecule has 7 heteroatoms. The molecule has 0 bridgehead atoms. The number of rotatable bonds is 6. The van der Waals surface area contributed by atoms with E-state index in [-0.39, 0.29) is 0 Å². The zero-order chi connectivity index (χ0) is 17.5. The van der Waals surface area contributed by atoms with E-state index in [2.05, 4.69) is 0 Å². The molecule has 0 aromatic heterocycles. The summed E-state index contributed by atoms with van der Waals surface area (Å²) in [6.45, 7) is 0. The van der Waals surface area contributed by atoms with Crippen molar-refractivity contribution in [3.63, 3.8) is 0 Å². The van der Waals surface area contributed by atoms with Gasteiger partial charge in [0.25, 0.3) is 0 Å². The van der Waals surface area contributed by atoms with Crippen LogP contribution in [0.4, 0.5) is 0 Å². The van der Waals surface area contributed by atoms with Crippen molar-refractivity contribution >= 4 is 17.9 Å². The quantitative estimate of drug-likeness (QED) is 0.461. The number of benzene rings is 2. The average molecular weight is 324 g/mol. The van der Waals surface area contributed by atoms with Gasteiger partial charge in [-0.05, 0) is 11.1 Å². The van der Waals surface area contributed by atoms with E-state index in [0.29, 0.717) is 11.1 Å². The molecular formula is C17H12N2O5. The van der Waals surface area contributed by atoms with Crippen LogP contribution in [0.1, 0.15) is 11.1 Å². The lowest BCUT2D eigenvalue weighted by Crippen LogP contribution is -2.18. The van der Waals surface area contributed by atoms with Gasteiger partial charge in [0.05, 0.1) is 9.85 Å². The van der Waals surface area contributed by atoms with Gasteiger partial charge in [-0.15, -0.1) is 0 Å². The number of hydrogen-bond donors (Lipinski definition) is 0. The van der Waals surface area contributed by atoms with Crippen molar-refractivity contribution < 1.29 is 14.6 Å². The van der Waals surface area contributed by atoms with Crippen LogP contribution in [0.2, 0.25) is 0 Å². The van der Waals surface area contributed by atoms with E-state index < -0.39 is 27.0 Å². The third-order valence-electron chi connectivity index (χ3n) is 3.06. The Labute approximate surface area is 136 Å². The van der Waals surface area contributed by atoms with E-state index in [1.54, 1.807) is 60.7 Å². The van der Waals surface area contributed by atoms with Crippen molar-refractivity contribution in [1.29, 1.82) is 0 Å². The third kappa shape index (κ3) is 4.20. The minimum Gasteiger partial charge on any atom is -0.274 e. The summed E-state index contributed by atoms with van der Waals surface area (Å²) in [5, 5.41) is 22.4. The van der Waals surface area contributed by atoms with Crippen molar-refractivity contribution in [2.24, 2.45) is 0 Å². The molecule has 24 heavy (non-hydrogen) atoms. The van der Waals surface area contributed by atoms with Gasteiger partial charge in [-0.3, -0.25) is 25.0 Å². The third-order valence-corrected chi connectivity index (χ3v) is 3.06. The van der Waals surface area contributed by atoms with Crippen molar-refractivity contribution in [2.45, 2.75) is 0 Å². The molecule has 0 N–H and O–H groups in total. The van der Waals surface area contributed by atoms with Crippen LogP contribution < -0.4 is 0 Å². The number of Topliss-reactive ketones (excluding diaryl/α,β-unsaturated/α-hetero) is 1. The molecule has 0 aliphatic heterocycles. The van der Waals surface area contributed by atoms with Crippen LogP contribution >= 0.6 is 0 Å². The first kappa shape index (κ1) is 16.8. The second-order valence-electron chi connectivity index (χ2n) is 4.72. The molecule has 0 saturated heterocycles. The van der Waals surface area contributed by atoms with E-state index in [1.807, 2.05) is 0 Å². The average Bonchev–Trinajstić information content (AvgIpc) is 2.58.